The van der Waals surface area contributed by atoms with E-state index in [-0.39, 0.29) is 17.4 Å². The molecule has 2 heterocycles. The molecule has 0 spiro atoms. The van der Waals surface area contributed by atoms with E-state index in [1.165, 1.54) is 35.9 Å². The van der Waals surface area contributed by atoms with Gasteiger partial charge in [-0.25, -0.2) is 21.6 Å². The Balaban J connectivity index is 1.12. The second kappa shape index (κ2) is 22.5. The van der Waals surface area contributed by atoms with Crippen LogP contribution < -0.4 is 14.9 Å². The molecule has 2 fully saturated rings. The molecule has 3 aromatic carbocycles. The fraction of sp³-hybridized carbons (Fsp3) is 0.531. The predicted molar refractivity (Wildman–Crippen MR) is 258 cm³/mol. The number of carbonyl (C=O) groups excluding carboxylic acids is 1. The van der Waals surface area contributed by atoms with Crippen LogP contribution in [0.2, 0.25) is 0 Å². The van der Waals surface area contributed by atoms with Gasteiger partial charge in [0.05, 0.1) is 16.7 Å². The van der Waals surface area contributed by atoms with Gasteiger partial charge >= 0.3 is 5.51 Å². The molecule has 11 nitrogen and oxygen atoms in total. The van der Waals surface area contributed by atoms with E-state index < -0.39 is 47.1 Å². The summed E-state index contributed by atoms with van der Waals surface area (Å²) in [7, 11) is -9.21. The number of benzene rings is 3. The Kier molecular flexibility index (Phi) is 17.6. The van der Waals surface area contributed by atoms with Crippen LogP contribution in [0, 0.1) is 5.41 Å². The first-order chi connectivity index (χ1) is 31.3. The van der Waals surface area contributed by atoms with Crippen molar-refractivity contribution in [2.24, 2.45) is 5.41 Å². The second-order valence-electron chi connectivity index (χ2n) is 18.5. The predicted octanol–water partition coefficient (Wildman–Crippen LogP) is 9.55. The lowest BCUT2D eigenvalue weighted by molar-refractivity contribution is -0.0435. The van der Waals surface area contributed by atoms with Crippen LogP contribution in [0.5, 0.6) is 0 Å². The Morgan fingerprint density at radius 3 is 2.24 bits per heavy atom. The second-order valence-corrected chi connectivity index (χ2v) is 23.2. The van der Waals surface area contributed by atoms with E-state index in [4.69, 9.17) is 4.74 Å². The minimum atomic E-state index is -6.05. The monoisotopic (exact) mass is 973 g/mol. The molecule has 1 atom stereocenters. The highest BCUT2D eigenvalue weighted by Crippen LogP contribution is 2.41. The smallest absolute Gasteiger partial charge is 0.381 e. The molecule has 0 bridgehead atoms. The van der Waals surface area contributed by atoms with Gasteiger partial charge in [-0.2, -0.15) is 13.2 Å². The average molecular weight is 974 g/mol. The Labute approximate surface area is 394 Å². The van der Waals surface area contributed by atoms with Crippen LogP contribution in [-0.4, -0.2) is 115 Å². The molecule has 2 aliphatic heterocycles. The summed E-state index contributed by atoms with van der Waals surface area (Å²) in [4.78, 5) is 19.2. The first-order valence-electron chi connectivity index (χ1n) is 22.9. The summed E-state index contributed by atoms with van der Waals surface area (Å²) >= 11 is 1.46. The molecule has 362 valence electrons. The van der Waals surface area contributed by atoms with E-state index >= 15 is 0 Å². The zero-order valence-corrected chi connectivity index (χ0v) is 41.1. The first-order valence-corrected chi connectivity index (χ1v) is 26.9. The van der Waals surface area contributed by atoms with Crippen LogP contribution in [0.3, 0.4) is 0 Å². The van der Waals surface area contributed by atoms with Crippen LogP contribution in [0.4, 0.5) is 24.5 Å². The van der Waals surface area contributed by atoms with Crippen molar-refractivity contribution in [3.63, 3.8) is 0 Å². The summed E-state index contributed by atoms with van der Waals surface area (Å²) in [5.74, 6) is -0.632. The van der Waals surface area contributed by atoms with Crippen molar-refractivity contribution >= 4 is 48.9 Å². The number of nitrogens with zero attached hydrogens (tertiary/aromatic N) is 3. The summed E-state index contributed by atoms with van der Waals surface area (Å²) in [5.41, 5.74) is -0.506. The lowest BCUT2D eigenvalue weighted by Gasteiger charge is -2.39. The fourth-order valence-corrected chi connectivity index (χ4v) is 11.9. The molecule has 2 saturated heterocycles. The number of halogens is 3. The Hall–Kier alpha value is -3.87. The number of amides is 1. The number of methoxy groups -OCH3 is 1. The van der Waals surface area contributed by atoms with E-state index in [0.29, 0.717) is 30.2 Å². The quantitative estimate of drug-likeness (QED) is 0.0831. The Morgan fingerprint density at radius 1 is 0.924 bits per heavy atom. The highest BCUT2D eigenvalue weighted by atomic mass is 32.2. The number of sulfonamides is 1. The van der Waals surface area contributed by atoms with Gasteiger partial charge in [0, 0.05) is 87.4 Å². The number of hydrogen-bond donors (Lipinski definition) is 2. The molecule has 0 aromatic heterocycles. The highest BCUT2D eigenvalue weighted by Gasteiger charge is 2.48. The fourth-order valence-electron chi connectivity index (χ4n) is 8.89. The van der Waals surface area contributed by atoms with Gasteiger partial charge in [-0.3, -0.25) is 9.69 Å². The number of anilines is 2. The van der Waals surface area contributed by atoms with Gasteiger partial charge in [-0.05, 0) is 118 Å². The molecule has 2 N–H and O–H groups in total. The molecule has 0 saturated carbocycles. The largest absolute Gasteiger partial charge is 0.501 e. The Bertz CT molecular complexity index is 2380. The van der Waals surface area contributed by atoms with Crippen LogP contribution in [0.15, 0.2) is 111 Å². The van der Waals surface area contributed by atoms with Crippen LogP contribution in [-0.2, 0) is 24.6 Å². The van der Waals surface area contributed by atoms with Gasteiger partial charge in [-0.15, -0.1) is 11.8 Å². The number of allylic oxidation sites excluding steroid dienone is 2. The normalized spacial score (nSPS) is 18.6. The van der Waals surface area contributed by atoms with Crippen LogP contribution in [0.25, 0.3) is 0 Å². The third-order valence-electron chi connectivity index (χ3n) is 13.2. The van der Waals surface area contributed by atoms with Gasteiger partial charge < -0.3 is 19.9 Å². The minimum absolute atomic E-state index is 0.0121. The maximum Gasteiger partial charge on any atom is 0.501 e. The third kappa shape index (κ3) is 13.9. The van der Waals surface area contributed by atoms with Gasteiger partial charge in [-0.1, -0.05) is 62.3 Å². The maximum absolute atomic E-state index is 14.2. The summed E-state index contributed by atoms with van der Waals surface area (Å²) in [5, 5.41) is 3.02. The summed E-state index contributed by atoms with van der Waals surface area (Å²) in [6.07, 6.45) is 8.82. The van der Waals surface area contributed by atoms with Crippen molar-refractivity contribution in [2.45, 2.75) is 111 Å². The number of ether oxygens (including phenoxy) is 1. The number of likely N-dealkylation sites (tertiary alicyclic amines) is 1. The van der Waals surface area contributed by atoms with Crippen LogP contribution in [0.1, 0.15) is 88.9 Å². The van der Waals surface area contributed by atoms with Crippen molar-refractivity contribution in [1.82, 2.24) is 14.5 Å². The molecule has 6 rings (SSSR count). The van der Waals surface area contributed by atoms with Gasteiger partial charge in [0.2, 0.25) is 0 Å². The number of piperidine rings is 1. The third-order valence-corrected chi connectivity index (χ3v) is 17.2. The number of alkyl halides is 3. The van der Waals surface area contributed by atoms with E-state index in [0.717, 1.165) is 113 Å². The number of sulfone groups is 1. The lowest BCUT2D eigenvalue weighted by atomic mass is 9.73. The number of nitrogens with one attached hydrogen (secondary N) is 2. The van der Waals surface area contributed by atoms with Gasteiger partial charge in [0.15, 0.2) is 0 Å². The summed E-state index contributed by atoms with van der Waals surface area (Å²) in [6.45, 7) is 17.5. The molecular weight excluding hydrogens is 908 g/mol. The van der Waals surface area contributed by atoms with E-state index in [1.54, 1.807) is 30.4 Å². The number of carbonyl (C=O) groups is 1. The topological polar surface area (TPSA) is 128 Å². The van der Waals surface area contributed by atoms with Gasteiger partial charge in [0.1, 0.15) is 4.90 Å². The van der Waals surface area contributed by atoms with Crippen molar-refractivity contribution in [3.05, 3.63) is 102 Å². The molecule has 0 unspecified atom stereocenters. The van der Waals surface area contributed by atoms with Crippen molar-refractivity contribution in [1.29, 1.82) is 0 Å². The van der Waals surface area contributed by atoms with Crippen molar-refractivity contribution < 1.29 is 39.5 Å². The minimum Gasteiger partial charge on any atom is -0.381 e. The number of hydrogen-bond acceptors (Lipinski definition) is 11. The maximum atomic E-state index is 14.2. The van der Waals surface area contributed by atoms with E-state index in [2.05, 4.69) is 47.4 Å². The van der Waals surface area contributed by atoms with E-state index in [1.807, 2.05) is 35.1 Å². The summed E-state index contributed by atoms with van der Waals surface area (Å²) < 4.78 is 104. The molecule has 66 heavy (non-hydrogen) atoms. The standard InChI is InChI=1S/C49H66F3N5O6S3/c1-6-36(2)12-13-38-33-48(3,4)24-20-39(38)34-56-28-30-57(31-29-56)41-16-14-37(15-17-41)47(58)54-66(61,62)44-18-19-45(46(32-44)65(59,60)49(50,51)52)53-40(35-64-43-10-8-7-9-11-43)21-25-55-26-22-42(63-5)23-27-55/h7-11,14-19,32,40,42,53H,2,6,12-13,20-31,33-35H2,1,3-5H3,(H,54,58)/t40-/m1/s1. The first kappa shape index (κ1) is 51.5. The SMILES string of the molecule is C=C(CC)CCC1=C(CN2CCN(c3ccc(C(=O)NS(=O)(=O)c4ccc(N[C@H](CCN5CCC(OC)CC5)CSc5ccccc5)c(S(=O)(=O)C(F)(F)F)c4)cc3)CC2)CCC(C)(C)C1. The molecular formula is C49H66F3N5O6S3. The number of thioether (sulfide) groups is 1. The molecule has 3 aliphatic rings. The molecule has 1 aliphatic carbocycles. The average Bonchev–Trinajstić information content (AvgIpc) is 3.30. The molecule has 3 aromatic rings. The highest BCUT2D eigenvalue weighted by molar-refractivity contribution is 7.99. The van der Waals surface area contributed by atoms with Crippen molar-refractivity contribution in [3.8, 4) is 0 Å². The number of piperazine rings is 1. The zero-order chi connectivity index (χ0) is 47.7. The van der Waals surface area contributed by atoms with E-state index in [9.17, 15) is 34.8 Å². The molecule has 0 radical (unpaired) electrons. The van der Waals surface area contributed by atoms with Crippen molar-refractivity contribution in [2.75, 3.05) is 75.4 Å². The summed E-state index contributed by atoms with van der Waals surface area (Å²) in [6, 6.07) is 17.9. The molecule has 17 heteroatoms. The Morgan fingerprint density at radius 2 is 1.61 bits per heavy atom. The zero-order valence-electron chi connectivity index (χ0n) is 38.7. The number of rotatable bonds is 20. The molecule has 1 amide bonds. The lowest BCUT2D eigenvalue weighted by Crippen LogP contribution is -2.47. The van der Waals surface area contributed by atoms with Crippen LogP contribution >= 0.6 is 11.8 Å². The van der Waals surface area contributed by atoms with Gasteiger partial charge in [0.25, 0.3) is 25.8 Å².